The van der Waals surface area contributed by atoms with Gasteiger partial charge in [0.05, 0.1) is 24.1 Å². The van der Waals surface area contributed by atoms with Crippen molar-refractivity contribution in [3.8, 4) is 0 Å². The van der Waals surface area contributed by atoms with Gasteiger partial charge in [0.25, 0.3) is 0 Å². The van der Waals surface area contributed by atoms with Crippen molar-refractivity contribution in [1.29, 1.82) is 0 Å². The number of amides is 1. The molecule has 1 saturated heterocycles. The minimum absolute atomic E-state index is 0.0296. The second-order valence-corrected chi connectivity index (χ2v) is 5.77. The maximum absolute atomic E-state index is 12.6. The Morgan fingerprint density at radius 1 is 1.43 bits per heavy atom. The van der Waals surface area contributed by atoms with E-state index in [1.165, 1.54) is 0 Å². The highest BCUT2D eigenvalue weighted by molar-refractivity contribution is 5.77. The molecule has 0 spiro atoms. The average molecular weight is 314 g/mol. The van der Waals surface area contributed by atoms with Crippen LogP contribution in [0.2, 0.25) is 0 Å². The summed E-state index contributed by atoms with van der Waals surface area (Å²) in [4.78, 5) is 23.3. The molecule has 1 atom stereocenters. The summed E-state index contributed by atoms with van der Waals surface area (Å²) in [5.74, 6) is 0.882. The van der Waals surface area contributed by atoms with Gasteiger partial charge in [0, 0.05) is 38.4 Å². The third-order valence-electron chi connectivity index (χ3n) is 4.29. The van der Waals surface area contributed by atoms with Crippen LogP contribution in [0.25, 0.3) is 0 Å². The standard InChI is InChI=1S/C16H22N6O/c1-12-5-7-19-22(12)9-6-16(23)21-8-3-4-14(21)13-10-18-11-15(17-2)20-13/h5,7,10-11,14H,3-4,6,8-9H2,1-2H3,(H,17,20). The Kier molecular flexibility index (Phi) is 4.55. The van der Waals surface area contributed by atoms with E-state index in [-0.39, 0.29) is 11.9 Å². The molecule has 1 aliphatic rings. The third-order valence-corrected chi connectivity index (χ3v) is 4.29. The summed E-state index contributed by atoms with van der Waals surface area (Å²) in [5.41, 5.74) is 1.93. The van der Waals surface area contributed by atoms with Gasteiger partial charge in [0.2, 0.25) is 5.91 Å². The molecule has 7 heteroatoms. The van der Waals surface area contributed by atoms with Crippen LogP contribution in [0, 0.1) is 6.92 Å². The summed E-state index contributed by atoms with van der Waals surface area (Å²) in [5, 5.41) is 7.23. The lowest BCUT2D eigenvalue weighted by molar-refractivity contribution is -0.132. The summed E-state index contributed by atoms with van der Waals surface area (Å²) in [7, 11) is 1.82. The first kappa shape index (κ1) is 15.5. The van der Waals surface area contributed by atoms with Crippen LogP contribution in [0.3, 0.4) is 0 Å². The predicted octanol–water partition coefficient (Wildman–Crippen LogP) is 1.78. The number of carbonyl (C=O) groups is 1. The molecule has 0 bridgehead atoms. The van der Waals surface area contributed by atoms with Crippen LogP contribution in [0.4, 0.5) is 5.82 Å². The number of rotatable bonds is 5. The van der Waals surface area contributed by atoms with E-state index in [2.05, 4.69) is 20.4 Å². The molecule has 3 rings (SSSR count). The lowest BCUT2D eigenvalue weighted by atomic mass is 10.1. The molecule has 23 heavy (non-hydrogen) atoms. The van der Waals surface area contributed by atoms with Gasteiger partial charge in [-0.2, -0.15) is 5.10 Å². The molecule has 2 aromatic rings. The van der Waals surface area contributed by atoms with E-state index in [0.29, 0.717) is 13.0 Å². The predicted molar refractivity (Wildman–Crippen MR) is 86.8 cm³/mol. The van der Waals surface area contributed by atoms with E-state index in [1.54, 1.807) is 18.6 Å². The summed E-state index contributed by atoms with van der Waals surface area (Å²) < 4.78 is 1.87. The molecule has 1 amide bonds. The highest BCUT2D eigenvalue weighted by Crippen LogP contribution is 2.31. The van der Waals surface area contributed by atoms with Crippen molar-refractivity contribution < 1.29 is 4.79 Å². The molecule has 1 unspecified atom stereocenters. The van der Waals surface area contributed by atoms with E-state index in [4.69, 9.17) is 0 Å². The van der Waals surface area contributed by atoms with Crippen molar-refractivity contribution in [3.05, 3.63) is 36.0 Å². The highest BCUT2D eigenvalue weighted by Gasteiger charge is 2.31. The molecule has 2 aromatic heterocycles. The van der Waals surface area contributed by atoms with Crippen LogP contribution in [-0.2, 0) is 11.3 Å². The zero-order chi connectivity index (χ0) is 16.2. The molecule has 1 aliphatic heterocycles. The van der Waals surface area contributed by atoms with Crippen LogP contribution in [0.1, 0.15) is 36.7 Å². The Labute approximate surface area is 135 Å². The van der Waals surface area contributed by atoms with E-state index in [1.807, 2.05) is 29.6 Å². The van der Waals surface area contributed by atoms with Crippen LogP contribution < -0.4 is 5.32 Å². The summed E-state index contributed by atoms with van der Waals surface area (Å²) in [6.07, 6.45) is 7.60. The number of hydrogen-bond donors (Lipinski definition) is 1. The van der Waals surface area contributed by atoms with Crippen LogP contribution in [0.5, 0.6) is 0 Å². The van der Waals surface area contributed by atoms with Gasteiger partial charge in [0.15, 0.2) is 0 Å². The van der Waals surface area contributed by atoms with Gasteiger partial charge in [-0.05, 0) is 25.8 Å². The topological polar surface area (TPSA) is 75.9 Å². The average Bonchev–Trinajstić information content (AvgIpc) is 3.21. The van der Waals surface area contributed by atoms with E-state index in [0.717, 1.165) is 36.6 Å². The molecule has 0 radical (unpaired) electrons. The summed E-state index contributed by atoms with van der Waals surface area (Å²) in [6.45, 7) is 3.39. The van der Waals surface area contributed by atoms with Gasteiger partial charge in [-0.3, -0.25) is 14.5 Å². The number of hydrogen-bond acceptors (Lipinski definition) is 5. The number of likely N-dealkylation sites (tertiary alicyclic amines) is 1. The monoisotopic (exact) mass is 314 g/mol. The number of nitrogens with one attached hydrogen (secondary N) is 1. The Morgan fingerprint density at radius 2 is 2.30 bits per heavy atom. The van der Waals surface area contributed by atoms with Crippen LogP contribution >= 0.6 is 0 Å². The van der Waals surface area contributed by atoms with Gasteiger partial charge in [-0.25, -0.2) is 4.98 Å². The number of carbonyl (C=O) groups excluding carboxylic acids is 1. The molecule has 1 N–H and O–H groups in total. The molecular formula is C16H22N6O. The molecule has 0 saturated carbocycles. The van der Waals surface area contributed by atoms with Crippen molar-refractivity contribution in [3.63, 3.8) is 0 Å². The van der Waals surface area contributed by atoms with Gasteiger partial charge >= 0.3 is 0 Å². The molecule has 7 nitrogen and oxygen atoms in total. The fraction of sp³-hybridized carbons (Fsp3) is 0.500. The maximum atomic E-state index is 12.6. The molecule has 0 aliphatic carbocycles. The Balaban J connectivity index is 1.68. The first-order valence-corrected chi connectivity index (χ1v) is 7.96. The molecule has 0 aromatic carbocycles. The van der Waals surface area contributed by atoms with Crippen molar-refractivity contribution in [2.45, 2.75) is 38.8 Å². The molecule has 122 valence electrons. The van der Waals surface area contributed by atoms with Gasteiger partial charge < -0.3 is 10.2 Å². The fourth-order valence-electron chi connectivity index (χ4n) is 3.01. The SMILES string of the molecule is CNc1cncc(C2CCCN2C(=O)CCn2nccc2C)n1. The largest absolute Gasteiger partial charge is 0.372 e. The second-order valence-electron chi connectivity index (χ2n) is 5.77. The Hall–Kier alpha value is -2.44. The van der Waals surface area contributed by atoms with Crippen molar-refractivity contribution in [2.75, 3.05) is 18.9 Å². The molecular weight excluding hydrogens is 292 g/mol. The highest BCUT2D eigenvalue weighted by atomic mass is 16.2. The van der Waals surface area contributed by atoms with E-state index in [9.17, 15) is 4.79 Å². The first-order chi connectivity index (χ1) is 11.2. The van der Waals surface area contributed by atoms with E-state index >= 15 is 0 Å². The van der Waals surface area contributed by atoms with Crippen LogP contribution in [0.15, 0.2) is 24.7 Å². The minimum Gasteiger partial charge on any atom is -0.372 e. The second kappa shape index (κ2) is 6.76. The first-order valence-electron chi connectivity index (χ1n) is 7.96. The molecule has 3 heterocycles. The van der Waals surface area contributed by atoms with Crippen LogP contribution in [-0.4, -0.2) is 44.1 Å². The lowest BCUT2D eigenvalue weighted by Crippen LogP contribution is -2.31. The zero-order valence-electron chi connectivity index (χ0n) is 13.6. The van der Waals surface area contributed by atoms with Crippen molar-refractivity contribution >= 4 is 11.7 Å². The Morgan fingerprint density at radius 3 is 3.04 bits per heavy atom. The number of anilines is 1. The Bertz CT molecular complexity index is 683. The van der Waals surface area contributed by atoms with Crippen molar-refractivity contribution in [2.24, 2.45) is 0 Å². The number of aromatic nitrogens is 4. The van der Waals surface area contributed by atoms with E-state index < -0.39 is 0 Å². The molecule has 1 fully saturated rings. The number of aryl methyl sites for hydroxylation is 2. The van der Waals surface area contributed by atoms with Gasteiger partial charge in [-0.1, -0.05) is 0 Å². The van der Waals surface area contributed by atoms with Gasteiger partial charge in [0.1, 0.15) is 5.82 Å². The maximum Gasteiger partial charge on any atom is 0.225 e. The zero-order valence-corrected chi connectivity index (χ0v) is 13.6. The smallest absolute Gasteiger partial charge is 0.225 e. The fourth-order valence-corrected chi connectivity index (χ4v) is 3.01. The number of nitrogens with zero attached hydrogens (tertiary/aromatic N) is 5. The lowest BCUT2D eigenvalue weighted by Gasteiger charge is -2.24. The van der Waals surface area contributed by atoms with Crippen molar-refractivity contribution in [1.82, 2.24) is 24.6 Å². The quantitative estimate of drug-likeness (QED) is 0.910. The normalized spacial score (nSPS) is 17.5. The minimum atomic E-state index is 0.0296. The third kappa shape index (κ3) is 3.33. The van der Waals surface area contributed by atoms with Gasteiger partial charge in [-0.15, -0.1) is 0 Å². The summed E-state index contributed by atoms with van der Waals surface area (Å²) >= 11 is 0. The summed E-state index contributed by atoms with van der Waals surface area (Å²) in [6, 6.07) is 1.98.